The van der Waals surface area contributed by atoms with Gasteiger partial charge < -0.3 is 0 Å². The molecule has 1 aliphatic heterocycles. The first-order chi connectivity index (χ1) is 10.4. The Hall–Kier alpha value is -1.48. The molecule has 0 aliphatic carbocycles. The number of carbonyl (C=O) groups is 1. The molecular formula is C13H13BrF2N4OS. The first-order valence-corrected chi connectivity index (χ1v) is 8.41. The van der Waals surface area contributed by atoms with Gasteiger partial charge in [0.05, 0.1) is 0 Å². The van der Waals surface area contributed by atoms with Crippen LogP contribution in [0.5, 0.6) is 0 Å². The number of amidine groups is 1. The van der Waals surface area contributed by atoms with Gasteiger partial charge in [0.15, 0.2) is 5.50 Å². The molecule has 0 saturated heterocycles. The zero-order valence-corrected chi connectivity index (χ0v) is 14.2. The quantitative estimate of drug-likeness (QED) is 0.623. The van der Waals surface area contributed by atoms with Crippen LogP contribution in [0.2, 0.25) is 0 Å². The van der Waals surface area contributed by atoms with Gasteiger partial charge in [0.25, 0.3) is 5.91 Å². The minimum atomic E-state index is -0.921. The maximum atomic E-state index is 13.6. The molecule has 1 aliphatic rings. The summed E-state index contributed by atoms with van der Waals surface area (Å²) in [7, 11) is 1.54. The molecule has 1 amide bonds. The number of nitrogens with one attached hydrogen (secondary N) is 1. The molecule has 5 nitrogen and oxygen atoms in total. The van der Waals surface area contributed by atoms with E-state index < -0.39 is 23.1 Å². The monoisotopic (exact) mass is 390 g/mol. The number of alkyl halides is 1. The summed E-state index contributed by atoms with van der Waals surface area (Å²) < 4.78 is 27.2. The molecular weight excluding hydrogens is 378 g/mol. The van der Waals surface area contributed by atoms with E-state index in [2.05, 4.69) is 31.3 Å². The lowest BCUT2D eigenvalue weighted by atomic mass is 10.2. The van der Waals surface area contributed by atoms with Crippen molar-refractivity contribution in [3.63, 3.8) is 0 Å². The number of hydrogen-bond donors (Lipinski definition) is 1. The lowest BCUT2D eigenvalue weighted by molar-refractivity contribution is 0.0877. The van der Waals surface area contributed by atoms with Gasteiger partial charge in [-0.2, -0.15) is 0 Å². The molecule has 0 radical (unpaired) electrons. The van der Waals surface area contributed by atoms with Gasteiger partial charge >= 0.3 is 0 Å². The van der Waals surface area contributed by atoms with E-state index in [1.807, 2.05) is 6.26 Å². The topological polar surface area (TPSA) is 57.1 Å². The van der Waals surface area contributed by atoms with E-state index in [0.29, 0.717) is 5.84 Å². The maximum absolute atomic E-state index is 13.6. The maximum Gasteiger partial charge on any atom is 0.275 e. The van der Waals surface area contributed by atoms with E-state index in [9.17, 15) is 13.6 Å². The van der Waals surface area contributed by atoms with Gasteiger partial charge in [-0.15, -0.1) is 11.8 Å². The SMILES string of the molecule is CSC1N=CC(Br)C(N(C)NC(=O)c2c(F)cccc2F)=N1. The Labute approximate surface area is 139 Å². The number of amides is 1. The Balaban J connectivity index is 2.16. The fourth-order valence-corrected chi connectivity index (χ4v) is 2.77. The fraction of sp³-hybridized carbons (Fsp3) is 0.308. The van der Waals surface area contributed by atoms with Crippen LogP contribution in [-0.4, -0.2) is 46.6 Å². The third kappa shape index (κ3) is 3.64. The number of hydrogen-bond acceptors (Lipinski definition) is 5. The lowest BCUT2D eigenvalue weighted by Gasteiger charge is -2.27. The van der Waals surface area contributed by atoms with Crippen molar-refractivity contribution in [2.24, 2.45) is 9.98 Å². The average Bonchev–Trinajstić information content (AvgIpc) is 2.47. The zero-order valence-electron chi connectivity index (χ0n) is 11.8. The van der Waals surface area contributed by atoms with Crippen LogP contribution in [0, 0.1) is 11.6 Å². The van der Waals surface area contributed by atoms with E-state index in [1.54, 1.807) is 13.3 Å². The molecule has 2 rings (SSSR count). The highest BCUT2D eigenvalue weighted by molar-refractivity contribution is 9.10. The highest BCUT2D eigenvalue weighted by atomic mass is 79.9. The molecule has 9 heteroatoms. The molecule has 0 spiro atoms. The summed E-state index contributed by atoms with van der Waals surface area (Å²) in [6, 6.07) is 3.25. The molecule has 1 aromatic rings. The van der Waals surface area contributed by atoms with Crippen molar-refractivity contribution < 1.29 is 13.6 Å². The van der Waals surface area contributed by atoms with Crippen LogP contribution in [0.4, 0.5) is 8.78 Å². The molecule has 0 bridgehead atoms. The van der Waals surface area contributed by atoms with Crippen LogP contribution >= 0.6 is 27.7 Å². The molecule has 2 atom stereocenters. The van der Waals surface area contributed by atoms with Gasteiger partial charge in [0.2, 0.25) is 0 Å². The second-order valence-electron chi connectivity index (χ2n) is 4.35. The van der Waals surface area contributed by atoms with Crippen LogP contribution in [0.25, 0.3) is 0 Å². The minimum Gasteiger partial charge on any atom is -0.274 e. The van der Waals surface area contributed by atoms with Crippen LogP contribution in [0.3, 0.4) is 0 Å². The highest BCUT2D eigenvalue weighted by Gasteiger charge is 2.24. The second-order valence-corrected chi connectivity index (χ2v) is 6.23. The van der Waals surface area contributed by atoms with Crippen LogP contribution in [-0.2, 0) is 0 Å². The van der Waals surface area contributed by atoms with Gasteiger partial charge in [0, 0.05) is 13.3 Å². The number of halogens is 3. The number of benzene rings is 1. The summed E-state index contributed by atoms with van der Waals surface area (Å²) in [5, 5.41) is 1.32. The number of aliphatic imine (C=N–C) groups is 2. The van der Waals surface area contributed by atoms with Gasteiger partial charge in [-0.3, -0.25) is 20.2 Å². The van der Waals surface area contributed by atoms with Crippen molar-refractivity contribution in [1.82, 2.24) is 10.4 Å². The first-order valence-electron chi connectivity index (χ1n) is 6.20. The van der Waals surface area contributed by atoms with Gasteiger partial charge in [-0.1, -0.05) is 22.0 Å². The Morgan fingerprint density at radius 3 is 2.64 bits per heavy atom. The fourth-order valence-electron chi connectivity index (χ4n) is 1.80. The molecule has 1 aromatic carbocycles. The van der Waals surface area contributed by atoms with E-state index in [1.165, 1.54) is 22.8 Å². The summed E-state index contributed by atoms with van der Waals surface area (Å²) >= 11 is 4.78. The third-order valence-corrected chi connectivity index (χ3v) is 4.14. The number of hydrazine groups is 1. The largest absolute Gasteiger partial charge is 0.275 e. The first kappa shape index (κ1) is 16.9. The number of nitrogens with zero attached hydrogens (tertiary/aromatic N) is 3. The smallest absolute Gasteiger partial charge is 0.274 e. The van der Waals surface area contributed by atoms with Crippen molar-refractivity contribution in [3.05, 3.63) is 35.4 Å². The molecule has 22 heavy (non-hydrogen) atoms. The Morgan fingerprint density at radius 2 is 2.05 bits per heavy atom. The molecule has 118 valence electrons. The summed E-state index contributed by atoms with van der Waals surface area (Å²) in [6.07, 6.45) is 3.50. The van der Waals surface area contributed by atoms with Gasteiger partial charge in [-0.25, -0.2) is 13.8 Å². The van der Waals surface area contributed by atoms with E-state index in [-0.39, 0.29) is 10.3 Å². The second kappa shape index (κ2) is 7.19. The predicted octanol–water partition coefficient (Wildman–Crippen LogP) is 2.43. The average molecular weight is 391 g/mol. The molecule has 2 unspecified atom stereocenters. The van der Waals surface area contributed by atoms with Crippen LogP contribution in [0.15, 0.2) is 28.2 Å². The van der Waals surface area contributed by atoms with E-state index in [4.69, 9.17) is 0 Å². The Kier molecular flexibility index (Phi) is 5.52. The van der Waals surface area contributed by atoms with Crippen molar-refractivity contribution in [2.75, 3.05) is 13.3 Å². The predicted molar refractivity (Wildman–Crippen MR) is 87.5 cm³/mol. The normalized spacial score (nSPS) is 20.5. The summed E-state index contributed by atoms with van der Waals surface area (Å²) in [4.78, 5) is 20.3. The van der Waals surface area contributed by atoms with Crippen molar-refractivity contribution >= 4 is 45.6 Å². The lowest BCUT2D eigenvalue weighted by Crippen LogP contribution is -2.48. The summed E-state index contributed by atoms with van der Waals surface area (Å²) in [6.45, 7) is 0. The Bertz CT molecular complexity index is 620. The van der Waals surface area contributed by atoms with Crippen molar-refractivity contribution in [1.29, 1.82) is 0 Å². The van der Waals surface area contributed by atoms with Crippen molar-refractivity contribution in [3.8, 4) is 0 Å². The summed E-state index contributed by atoms with van der Waals surface area (Å²) in [5.41, 5.74) is 1.46. The third-order valence-electron chi connectivity index (χ3n) is 2.85. The number of rotatable bonds is 2. The zero-order chi connectivity index (χ0) is 16.3. The molecule has 1 N–H and O–H groups in total. The highest BCUT2D eigenvalue weighted by Crippen LogP contribution is 2.18. The number of carbonyl (C=O) groups excluding carboxylic acids is 1. The van der Waals surface area contributed by atoms with E-state index in [0.717, 1.165) is 12.1 Å². The van der Waals surface area contributed by atoms with Crippen LogP contribution < -0.4 is 5.43 Å². The van der Waals surface area contributed by atoms with Gasteiger partial charge in [0.1, 0.15) is 27.9 Å². The molecule has 0 aromatic heterocycles. The Morgan fingerprint density at radius 1 is 1.41 bits per heavy atom. The molecule has 0 saturated carbocycles. The molecule has 1 heterocycles. The van der Waals surface area contributed by atoms with Crippen molar-refractivity contribution in [2.45, 2.75) is 10.3 Å². The minimum absolute atomic E-state index is 0.299. The van der Waals surface area contributed by atoms with Gasteiger partial charge in [-0.05, 0) is 18.4 Å². The van der Waals surface area contributed by atoms with Crippen LogP contribution in [0.1, 0.15) is 10.4 Å². The summed E-state index contributed by atoms with van der Waals surface area (Å²) in [5.74, 6) is -2.24. The standard InChI is InChI=1S/C13H13BrF2N4OS/c1-20(11-7(14)6-17-13(18-11)22-2)19-12(21)10-8(15)4-3-5-9(10)16/h3-7,13H,1-2H3,(H,19,21). The van der Waals surface area contributed by atoms with E-state index >= 15 is 0 Å². The molecule has 0 fully saturated rings. The number of thioether (sulfide) groups is 1.